The highest BCUT2D eigenvalue weighted by molar-refractivity contribution is 6.67. The molecule has 1 aromatic heterocycles. The van der Waals surface area contributed by atoms with E-state index in [0.717, 1.165) is 0 Å². The highest BCUT2D eigenvalue weighted by Crippen LogP contribution is 2.58. The van der Waals surface area contributed by atoms with E-state index in [4.69, 9.17) is 54.9 Å². The Kier molecular flexibility index (Phi) is 7.48. The number of phenolic OH excluding ortho intramolecular Hbond substituents is 6. The molecule has 15 heteroatoms. The van der Waals surface area contributed by atoms with Gasteiger partial charge in [0, 0.05) is 38.4 Å². The summed E-state index contributed by atoms with van der Waals surface area (Å²) in [6.45, 7) is 0. The van der Waals surface area contributed by atoms with Gasteiger partial charge in [-0.3, -0.25) is 4.57 Å². The molecule has 0 saturated carbocycles. The second kappa shape index (κ2) is 11.3. The highest BCUT2D eigenvalue weighted by atomic mass is 16.3. The Morgan fingerprint density at radius 2 is 0.940 bits per heavy atom. The third-order valence-electron chi connectivity index (χ3n) is 9.04. The van der Waals surface area contributed by atoms with Crippen LogP contribution < -0.4 is 10.9 Å². The van der Waals surface area contributed by atoms with Crippen molar-refractivity contribution in [1.29, 1.82) is 0 Å². The lowest BCUT2D eigenvalue weighted by Crippen LogP contribution is -2.45. The number of hydrogen-bond acceptors (Lipinski definition) is 7. The van der Waals surface area contributed by atoms with Crippen LogP contribution in [0.4, 0.5) is 0 Å². The molecule has 50 heavy (non-hydrogen) atoms. The Balaban J connectivity index is 1.62. The molecule has 0 saturated heterocycles. The van der Waals surface area contributed by atoms with Crippen LogP contribution in [-0.4, -0.2) is 95.1 Å². The summed E-state index contributed by atoms with van der Waals surface area (Å²) < 4.78 is 1.62. The molecule has 0 aliphatic heterocycles. The summed E-state index contributed by atoms with van der Waals surface area (Å²) >= 11 is 0. The van der Waals surface area contributed by atoms with E-state index >= 15 is 0 Å². The topological polar surface area (TPSA) is 139 Å². The van der Waals surface area contributed by atoms with Crippen LogP contribution in [-0.2, 0) is 5.21 Å². The maximum atomic E-state index is 11.6. The number of nitrogens with zero attached hydrogens (tertiary/aromatic N) is 2. The second-order valence-corrected chi connectivity index (χ2v) is 12.1. The van der Waals surface area contributed by atoms with Gasteiger partial charge in [-0.2, -0.15) is 0 Å². The van der Waals surface area contributed by atoms with Gasteiger partial charge in [0.15, 0.2) is 11.5 Å². The second-order valence-electron chi connectivity index (χ2n) is 12.1. The molecular formula is C35H19B7N2O6. The first-order valence-electron chi connectivity index (χ1n) is 15.0. The molecule has 0 amide bonds. The molecule has 1 heterocycles. The number of benzene rings is 6. The minimum atomic E-state index is -2.10. The van der Waals surface area contributed by atoms with Gasteiger partial charge in [-0.05, 0) is 35.4 Å². The van der Waals surface area contributed by atoms with Crippen molar-refractivity contribution in [2.24, 2.45) is 0 Å². The average molecular weight is 639 g/mol. The largest absolute Gasteiger partial charge is 0.508 e. The summed E-state index contributed by atoms with van der Waals surface area (Å²) in [5, 5.41) is 62.8. The third-order valence-corrected chi connectivity index (χ3v) is 9.04. The van der Waals surface area contributed by atoms with Crippen LogP contribution in [0, 0.1) is 0 Å². The molecule has 0 unspecified atom stereocenters. The molecule has 6 aromatic carbocycles. The number of fused-ring (bicyclic) bond motifs is 3. The van der Waals surface area contributed by atoms with Crippen molar-refractivity contribution in [1.82, 2.24) is 9.55 Å². The van der Waals surface area contributed by atoms with Crippen LogP contribution >= 0.6 is 0 Å². The zero-order valence-corrected chi connectivity index (χ0v) is 26.1. The predicted octanol–water partition coefficient (Wildman–Crippen LogP) is 2.56. The quantitative estimate of drug-likeness (QED) is 0.0737. The summed E-state index contributed by atoms with van der Waals surface area (Å²) in [6, 6.07) is 21.9. The molecule has 0 aliphatic carbocycles. The van der Waals surface area contributed by atoms with Crippen molar-refractivity contribution in [2.45, 2.75) is 10.3 Å². The Labute approximate surface area is 295 Å². The highest BCUT2D eigenvalue weighted by Gasteiger charge is 2.37. The number of hydrogen-bond donors (Lipinski definition) is 6. The summed E-state index contributed by atoms with van der Waals surface area (Å²) in [7, 11) is 43.1. The van der Waals surface area contributed by atoms with Crippen LogP contribution in [0.1, 0.15) is 5.82 Å². The predicted molar refractivity (Wildman–Crippen MR) is 201 cm³/mol. The van der Waals surface area contributed by atoms with Gasteiger partial charge in [0.25, 0.3) is 0 Å². The SMILES string of the molecule is [B]c1c([B])c(O)c2c(-c3ccc(-n4c(C([B])([B])C([B])([B])[B])nc5ccccc54)cc3)c3c(O)c(O)c(O)c(O)c3c(-c3ccccc3)c2c1O. The van der Waals surface area contributed by atoms with Crippen molar-refractivity contribution in [3.05, 3.63) is 84.7 Å². The van der Waals surface area contributed by atoms with Crippen molar-refractivity contribution >= 4 is 98.4 Å². The molecule has 0 spiro atoms. The van der Waals surface area contributed by atoms with E-state index in [0.29, 0.717) is 22.3 Å². The minimum Gasteiger partial charge on any atom is -0.508 e. The molecule has 8 nitrogen and oxygen atoms in total. The van der Waals surface area contributed by atoms with E-state index in [9.17, 15) is 30.6 Å². The Morgan fingerprint density at radius 3 is 1.44 bits per heavy atom. The zero-order valence-electron chi connectivity index (χ0n) is 26.1. The average Bonchev–Trinajstić information content (AvgIpc) is 3.50. The maximum Gasteiger partial charge on any atom is 0.204 e. The van der Waals surface area contributed by atoms with Crippen molar-refractivity contribution in [3.8, 4) is 62.4 Å². The first kappa shape index (κ1) is 33.1. The van der Waals surface area contributed by atoms with Gasteiger partial charge in [-0.25, -0.2) is 4.98 Å². The van der Waals surface area contributed by atoms with Crippen molar-refractivity contribution < 1.29 is 30.6 Å². The summed E-state index contributed by atoms with van der Waals surface area (Å²) in [4.78, 5) is 4.58. The molecule has 14 radical (unpaired) electrons. The third kappa shape index (κ3) is 4.59. The minimum absolute atomic E-state index is 0.0106. The van der Waals surface area contributed by atoms with E-state index in [2.05, 4.69) is 4.98 Å². The van der Waals surface area contributed by atoms with Crippen LogP contribution in [0.2, 0.25) is 5.11 Å². The molecule has 0 aliphatic rings. The number of aromatic nitrogens is 2. The fourth-order valence-electron chi connectivity index (χ4n) is 6.40. The van der Waals surface area contributed by atoms with Crippen LogP contribution in [0.15, 0.2) is 78.9 Å². The summed E-state index contributed by atoms with van der Waals surface area (Å²) in [5.74, 6) is -4.72. The van der Waals surface area contributed by atoms with Gasteiger partial charge >= 0.3 is 0 Å². The summed E-state index contributed by atoms with van der Waals surface area (Å²) in [5.41, 5.74) is 1.60. The number of aromatic hydroxyl groups is 6. The summed E-state index contributed by atoms with van der Waals surface area (Å²) in [6.07, 6.45) is 0. The van der Waals surface area contributed by atoms with Crippen LogP contribution in [0.5, 0.6) is 34.5 Å². The van der Waals surface area contributed by atoms with Crippen molar-refractivity contribution in [2.75, 3.05) is 0 Å². The molecule has 0 atom stereocenters. The molecule has 0 fully saturated rings. The first-order chi connectivity index (χ1) is 23.6. The van der Waals surface area contributed by atoms with Gasteiger partial charge in [-0.1, -0.05) is 70.7 Å². The van der Waals surface area contributed by atoms with E-state index in [1.165, 1.54) is 0 Å². The van der Waals surface area contributed by atoms with E-state index in [-0.39, 0.29) is 55.0 Å². The molecule has 226 valence electrons. The van der Waals surface area contributed by atoms with Gasteiger partial charge in [0.1, 0.15) is 33.0 Å². The number of imidazole rings is 1. The van der Waals surface area contributed by atoms with Crippen LogP contribution in [0.25, 0.3) is 60.5 Å². The Hall–Kier alpha value is -5.44. The zero-order chi connectivity index (χ0) is 36.0. The molecule has 7 rings (SSSR count). The molecule has 6 N–H and O–H groups in total. The normalized spacial score (nSPS) is 12.2. The Morgan fingerprint density at radius 1 is 0.500 bits per heavy atom. The van der Waals surface area contributed by atoms with Gasteiger partial charge in [0.2, 0.25) is 11.5 Å². The number of rotatable bonds is 5. The fraction of sp³-hybridized carbons (Fsp3) is 0.0571. The number of para-hydroxylation sites is 2. The van der Waals surface area contributed by atoms with Gasteiger partial charge < -0.3 is 30.6 Å². The fourth-order valence-corrected chi connectivity index (χ4v) is 6.40. The van der Waals surface area contributed by atoms with Crippen molar-refractivity contribution in [3.63, 3.8) is 0 Å². The first-order valence-corrected chi connectivity index (χ1v) is 15.0. The molecule has 0 bridgehead atoms. The van der Waals surface area contributed by atoms with Crippen LogP contribution in [0.3, 0.4) is 0 Å². The molecular weight excluding hydrogens is 620 g/mol. The standard InChI is InChI=1S/C35H19B7N2O6/c36-25-26(37)28(46)22-20(24-23(29(47)31(49)32(50)30(24)48)19(21(22)27(25)45)14-6-2-1-3-7-14)15-10-12-16(13-11-15)44-18-9-5-4-8-17(18)43-33(44)34(38,39)35(40,41)42/h1-13,45-50H. The van der Waals surface area contributed by atoms with Gasteiger partial charge in [-0.15, -0.1) is 5.11 Å². The lowest BCUT2D eigenvalue weighted by Gasteiger charge is -2.41. The Bertz CT molecular complexity index is 2450. The number of phenols is 6. The molecule has 7 aromatic rings. The maximum absolute atomic E-state index is 11.6. The smallest absolute Gasteiger partial charge is 0.204 e. The van der Waals surface area contributed by atoms with E-state index in [1.807, 2.05) is 0 Å². The lowest BCUT2D eigenvalue weighted by molar-refractivity contribution is 0.351. The monoisotopic (exact) mass is 640 g/mol. The lowest BCUT2D eigenvalue weighted by atomic mass is 9.23. The van der Waals surface area contributed by atoms with E-state index < -0.39 is 44.8 Å². The van der Waals surface area contributed by atoms with Gasteiger partial charge in [0.05, 0.1) is 50.3 Å². The van der Waals surface area contributed by atoms with E-state index in [1.54, 1.807) is 83.4 Å².